The number of rotatable bonds is 6. The predicted molar refractivity (Wildman–Crippen MR) is 150 cm³/mol. The van der Waals surface area contributed by atoms with Crippen molar-refractivity contribution in [2.75, 3.05) is 0 Å². The van der Waals surface area contributed by atoms with Crippen molar-refractivity contribution in [1.29, 1.82) is 0 Å². The van der Waals surface area contributed by atoms with Crippen LogP contribution < -0.4 is 9.46 Å². The number of carbonyl (C=O) groups excluding carboxylic acids is 1. The third-order valence-corrected chi connectivity index (χ3v) is 10.0. The molecule has 3 aromatic rings. The van der Waals surface area contributed by atoms with Crippen LogP contribution in [0.25, 0.3) is 0 Å². The Bertz CT molecular complexity index is 1450. The Balaban J connectivity index is 1.47. The molecule has 3 aromatic carbocycles. The monoisotopic (exact) mass is 617 g/mol. The van der Waals surface area contributed by atoms with Crippen molar-refractivity contribution in [2.45, 2.75) is 55.8 Å². The highest BCUT2D eigenvalue weighted by atomic mass is 79.9. The Morgan fingerprint density at radius 2 is 1.79 bits per heavy atom. The standard InChI is InChI=1S/C29H29BrClNO5S/c1-29(2)22-17-21(28(33)32-38(34,35)26-11-7-6-10-23(26)30)24(14-12-18-8-4-3-5-9-18)36-27(22)20-16-19(31)13-15-25(20)37-29/h3-11,13,15-16,21-22,24,27H,12,14,17H2,1-2H3,(H,32,33)/t21-,22-,24-,27+/m0/s1. The van der Waals surface area contributed by atoms with Crippen molar-refractivity contribution in [3.63, 3.8) is 0 Å². The lowest BCUT2D eigenvalue weighted by Crippen LogP contribution is -2.54. The van der Waals surface area contributed by atoms with E-state index in [1.54, 1.807) is 24.3 Å². The number of ether oxygens (including phenoxy) is 2. The highest BCUT2D eigenvalue weighted by Crippen LogP contribution is 2.53. The summed E-state index contributed by atoms with van der Waals surface area (Å²) in [5, 5.41) is 0.578. The smallest absolute Gasteiger partial charge is 0.265 e. The first-order valence-corrected chi connectivity index (χ1v) is 15.2. The van der Waals surface area contributed by atoms with Crippen molar-refractivity contribution >= 4 is 43.5 Å². The summed E-state index contributed by atoms with van der Waals surface area (Å²) in [7, 11) is -4.09. The fourth-order valence-electron chi connectivity index (χ4n) is 5.48. The lowest BCUT2D eigenvalue weighted by molar-refractivity contribution is -0.179. The van der Waals surface area contributed by atoms with Gasteiger partial charge in [-0.2, -0.15) is 0 Å². The molecule has 0 radical (unpaired) electrons. The van der Waals surface area contributed by atoms with Crippen molar-refractivity contribution in [3.8, 4) is 5.75 Å². The number of hydrogen-bond donors (Lipinski definition) is 1. The first-order valence-electron chi connectivity index (χ1n) is 12.5. The second kappa shape index (κ2) is 10.6. The third-order valence-electron chi connectivity index (χ3n) is 7.45. The SMILES string of the molecule is CC1(C)Oc2ccc(Cl)cc2[C@H]2O[C@@H](CCc3ccccc3)[C@@H](C(=O)NS(=O)(=O)c3ccccc3Br)C[C@@H]21. The molecule has 2 heterocycles. The molecule has 6 nitrogen and oxygen atoms in total. The molecule has 1 saturated heterocycles. The molecule has 4 atom stereocenters. The summed E-state index contributed by atoms with van der Waals surface area (Å²) in [6.45, 7) is 3.95. The Labute approximate surface area is 236 Å². The number of aryl methyl sites for hydroxylation is 1. The lowest BCUT2D eigenvalue weighted by Gasteiger charge is -2.50. The van der Waals surface area contributed by atoms with E-state index in [-0.39, 0.29) is 16.9 Å². The zero-order valence-electron chi connectivity index (χ0n) is 21.1. The Hall–Kier alpha value is -2.39. The summed E-state index contributed by atoms with van der Waals surface area (Å²) in [4.78, 5) is 13.7. The van der Waals surface area contributed by atoms with E-state index in [0.29, 0.717) is 34.5 Å². The molecule has 0 saturated carbocycles. The first kappa shape index (κ1) is 27.2. The molecule has 0 aliphatic carbocycles. The van der Waals surface area contributed by atoms with Gasteiger partial charge < -0.3 is 9.47 Å². The number of amides is 1. The number of nitrogens with one attached hydrogen (secondary N) is 1. The molecule has 2 aliphatic rings. The van der Waals surface area contributed by atoms with Crippen LogP contribution in [0.2, 0.25) is 5.02 Å². The quantitative estimate of drug-likeness (QED) is 0.342. The summed E-state index contributed by atoms with van der Waals surface area (Å²) in [5.74, 6) is -0.754. The van der Waals surface area contributed by atoms with Crippen LogP contribution in [0.4, 0.5) is 0 Å². The highest BCUT2D eigenvalue weighted by Gasteiger charge is 2.52. The van der Waals surface area contributed by atoms with Crippen molar-refractivity contribution in [2.24, 2.45) is 11.8 Å². The predicted octanol–water partition coefficient (Wildman–Crippen LogP) is 6.47. The molecule has 200 valence electrons. The topological polar surface area (TPSA) is 81.7 Å². The minimum absolute atomic E-state index is 0.00805. The second-order valence-electron chi connectivity index (χ2n) is 10.4. The fraction of sp³-hybridized carbons (Fsp3) is 0.345. The van der Waals surface area contributed by atoms with Crippen LogP contribution in [0, 0.1) is 11.8 Å². The van der Waals surface area contributed by atoms with Crippen LogP contribution in [0.5, 0.6) is 5.75 Å². The van der Waals surface area contributed by atoms with Gasteiger partial charge in [-0.1, -0.05) is 54.1 Å². The molecule has 0 spiro atoms. The second-order valence-corrected chi connectivity index (χ2v) is 13.3. The summed E-state index contributed by atoms with van der Waals surface area (Å²) < 4.78 is 42.1. The van der Waals surface area contributed by atoms with Gasteiger partial charge in [-0.15, -0.1) is 0 Å². The van der Waals surface area contributed by atoms with Crippen LogP contribution in [0.15, 0.2) is 82.2 Å². The van der Waals surface area contributed by atoms with Crippen LogP contribution in [0.3, 0.4) is 0 Å². The van der Waals surface area contributed by atoms with Crippen LogP contribution in [0.1, 0.15) is 43.9 Å². The average molecular weight is 619 g/mol. The molecule has 5 rings (SSSR count). The van der Waals surface area contributed by atoms with Crippen molar-refractivity contribution in [3.05, 3.63) is 93.4 Å². The largest absolute Gasteiger partial charge is 0.487 e. The molecule has 2 aliphatic heterocycles. The van der Waals surface area contributed by atoms with E-state index in [4.69, 9.17) is 21.1 Å². The number of benzene rings is 3. The highest BCUT2D eigenvalue weighted by molar-refractivity contribution is 9.10. The number of halogens is 2. The maximum absolute atomic E-state index is 13.7. The zero-order valence-corrected chi connectivity index (χ0v) is 24.2. The third kappa shape index (κ3) is 5.50. The minimum Gasteiger partial charge on any atom is -0.487 e. The molecule has 1 fully saturated rings. The molecular formula is C29H29BrClNO5S. The maximum atomic E-state index is 13.7. The molecule has 1 N–H and O–H groups in total. The van der Waals surface area contributed by atoms with E-state index in [0.717, 1.165) is 11.1 Å². The summed E-state index contributed by atoms with van der Waals surface area (Å²) in [6.07, 6.45) is 0.799. The average Bonchev–Trinajstić information content (AvgIpc) is 2.88. The Morgan fingerprint density at radius 1 is 1.08 bits per heavy atom. The van der Waals surface area contributed by atoms with Gasteiger partial charge in [0, 0.05) is 21.0 Å². The van der Waals surface area contributed by atoms with Gasteiger partial charge in [-0.25, -0.2) is 13.1 Å². The summed E-state index contributed by atoms with van der Waals surface area (Å²) >= 11 is 9.61. The molecule has 0 bridgehead atoms. The van der Waals surface area contributed by atoms with E-state index in [2.05, 4.69) is 20.7 Å². The number of sulfonamides is 1. The van der Waals surface area contributed by atoms with E-state index in [1.807, 2.05) is 56.3 Å². The lowest BCUT2D eigenvalue weighted by atomic mass is 9.71. The minimum atomic E-state index is -4.09. The van der Waals surface area contributed by atoms with Crippen molar-refractivity contribution in [1.82, 2.24) is 4.72 Å². The normalized spacial score (nSPS) is 24.0. The van der Waals surface area contributed by atoms with Gasteiger partial charge >= 0.3 is 0 Å². The van der Waals surface area contributed by atoms with Gasteiger partial charge in [-0.3, -0.25) is 4.79 Å². The number of carbonyl (C=O) groups is 1. The number of fused-ring (bicyclic) bond motifs is 3. The summed E-state index contributed by atoms with van der Waals surface area (Å²) in [6, 6.07) is 21.9. The fourth-order valence-corrected chi connectivity index (χ4v) is 7.70. The van der Waals surface area contributed by atoms with Gasteiger partial charge in [-0.05, 0) is 84.9 Å². The van der Waals surface area contributed by atoms with Gasteiger partial charge in [0.1, 0.15) is 16.2 Å². The van der Waals surface area contributed by atoms with Gasteiger partial charge in [0.25, 0.3) is 10.0 Å². The number of hydrogen-bond acceptors (Lipinski definition) is 5. The van der Waals surface area contributed by atoms with Gasteiger partial charge in [0.05, 0.1) is 18.1 Å². The van der Waals surface area contributed by atoms with Gasteiger partial charge in [0.2, 0.25) is 5.91 Å². The summed E-state index contributed by atoms with van der Waals surface area (Å²) in [5.41, 5.74) is 1.33. The Kier molecular flexibility index (Phi) is 7.61. The van der Waals surface area contributed by atoms with E-state index in [9.17, 15) is 13.2 Å². The zero-order chi connectivity index (χ0) is 27.1. The molecule has 9 heteroatoms. The van der Waals surface area contributed by atoms with E-state index < -0.39 is 33.6 Å². The Morgan fingerprint density at radius 3 is 2.53 bits per heavy atom. The van der Waals surface area contributed by atoms with Crippen LogP contribution in [-0.2, 0) is 26.0 Å². The maximum Gasteiger partial charge on any atom is 0.265 e. The molecule has 0 unspecified atom stereocenters. The van der Waals surface area contributed by atoms with E-state index >= 15 is 0 Å². The molecule has 1 amide bonds. The van der Waals surface area contributed by atoms with E-state index in [1.165, 1.54) is 6.07 Å². The van der Waals surface area contributed by atoms with Crippen LogP contribution in [-0.4, -0.2) is 26.0 Å². The van der Waals surface area contributed by atoms with Crippen LogP contribution >= 0.6 is 27.5 Å². The van der Waals surface area contributed by atoms with Gasteiger partial charge in [0.15, 0.2) is 0 Å². The molecule has 38 heavy (non-hydrogen) atoms. The molecule has 0 aromatic heterocycles. The first-order chi connectivity index (χ1) is 18.0. The molecular weight excluding hydrogens is 590 g/mol. The van der Waals surface area contributed by atoms with Crippen molar-refractivity contribution < 1.29 is 22.7 Å².